The van der Waals surface area contributed by atoms with E-state index in [1.165, 1.54) is 7.11 Å². The van der Waals surface area contributed by atoms with Crippen LogP contribution in [-0.4, -0.2) is 12.9 Å². The molecule has 0 amide bonds. The Morgan fingerprint density at radius 1 is 1.30 bits per heavy atom. The highest BCUT2D eigenvalue weighted by Crippen LogP contribution is 2.48. The van der Waals surface area contributed by atoms with Crippen LogP contribution in [0.1, 0.15) is 31.7 Å². The Balaban J connectivity index is 2.32. The van der Waals surface area contributed by atoms with Gasteiger partial charge in [0.15, 0.2) is 4.87 Å². The summed E-state index contributed by atoms with van der Waals surface area (Å²) in [6.45, 7) is 2.11. The van der Waals surface area contributed by atoms with Gasteiger partial charge in [-0.15, -0.1) is 0 Å². The number of methoxy groups -OCH3 is 1. The molecule has 0 saturated heterocycles. The number of allylic oxidation sites excluding steroid dienone is 2. The van der Waals surface area contributed by atoms with E-state index < -0.39 is 4.87 Å². The summed E-state index contributed by atoms with van der Waals surface area (Å²) in [5.41, 5.74) is 1.13. The van der Waals surface area contributed by atoms with Crippen LogP contribution in [0, 0.1) is 11.8 Å². The fourth-order valence-electron chi connectivity index (χ4n) is 2.19. The van der Waals surface area contributed by atoms with E-state index in [0.29, 0.717) is 11.3 Å². The zero-order chi connectivity index (χ0) is 14.6. The lowest BCUT2D eigenvalue weighted by Gasteiger charge is -2.36. The third-order valence-corrected chi connectivity index (χ3v) is 3.89. The van der Waals surface area contributed by atoms with E-state index in [-0.39, 0.29) is 5.78 Å². The largest absolute Gasteiger partial charge is 0.497 e. The lowest BCUT2D eigenvalue weighted by Crippen LogP contribution is -2.44. The topological polar surface area (TPSA) is 26.3 Å². The van der Waals surface area contributed by atoms with Crippen LogP contribution < -0.4 is 0 Å². The summed E-state index contributed by atoms with van der Waals surface area (Å²) in [6, 6.07) is 9.24. The van der Waals surface area contributed by atoms with E-state index in [2.05, 4.69) is 18.8 Å². The van der Waals surface area contributed by atoms with E-state index in [9.17, 15) is 4.79 Å². The molecule has 2 rings (SSSR count). The van der Waals surface area contributed by atoms with Gasteiger partial charge in [-0.1, -0.05) is 67.1 Å². The fourth-order valence-corrected chi connectivity index (χ4v) is 2.58. The van der Waals surface area contributed by atoms with Crippen molar-refractivity contribution in [1.82, 2.24) is 0 Å². The molecule has 3 heteroatoms. The molecule has 0 heterocycles. The lowest BCUT2D eigenvalue weighted by molar-refractivity contribution is -0.120. The number of rotatable bonds is 4. The SMILES string of the molecule is CCCCC#CC1=C(OC)C(Cl)(c2ccccc2)C1=O. The van der Waals surface area contributed by atoms with Crippen molar-refractivity contribution in [3.63, 3.8) is 0 Å². The molecule has 0 aromatic heterocycles. The van der Waals surface area contributed by atoms with Crippen LogP contribution in [0.5, 0.6) is 0 Å². The number of halogens is 1. The predicted octanol–water partition coefficient (Wildman–Crippen LogP) is 3.80. The number of alkyl halides is 1. The summed E-state index contributed by atoms with van der Waals surface area (Å²) in [7, 11) is 1.52. The molecule has 1 unspecified atom stereocenters. The van der Waals surface area contributed by atoms with Gasteiger partial charge in [0.1, 0.15) is 11.3 Å². The molecule has 0 spiro atoms. The Labute approximate surface area is 124 Å². The number of hydrogen-bond donors (Lipinski definition) is 0. The van der Waals surface area contributed by atoms with Gasteiger partial charge in [0.05, 0.1) is 7.11 Å². The summed E-state index contributed by atoms with van der Waals surface area (Å²) in [4.78, 5) is 11.1. The monoisotopic (exact) mass is 288 g/mol. The molecule has 0 radical (unpaired) electrons. The molecular weight excluding hydrogens is 272 g/mol. The molecule has 0 saturated carbocycles. The van der Waals surface area contributed by atoms with Gasteiger partial charge in [-0.25, -0.2) is 0 Å². The summed E-state index contributed by atoms with van der Waals surface area (Å²) >= 11 is 6.48. The van der Waals surface area contributed by atoms with Gasteiger partial charge in [-0.2, -0.15) is 0 Å². The zero-order valence-corrected chi connectivity index (χ0v) is 12.5. The van der Waals surface area contributed by atoms with Crippen LogP contribution in [0.3, 0.4) is 0 Å². The van der Waals surface area contributed by atoms with Gasteiger partial charge in [-0.05, 0) is 12.0 Å². The van der Waals surface area contributed by atoms with E-state index in [1.807, 2.05) is 30.3 Å². The average Bonchev–Trinajstić information content (AvgIpc) is 2.50. The lowest BCUT2D eigenvalue weighted by atomic mass is 9.76. The van der Waals surface area contributed by atoms with Crippen LogP contribution in [-0.2, 0) is 14.4 Å². The van der Waals surface area contributed by atoms with E-state index in [1.54, 1.807) is 0 Å². The molecule has 1 aromatic rings. The first-order chi connectivity index (χ1) is 9.66. The highest BCUT2D eigenvalue weighted by Gasteiger charge is 2.55. The molecule has 1 aliphatic carbocycles. The van der Waals surface area contributed by atoms with Gasteiger partial charge in [-0.3, -0.25) is 4.79 Å². The maximum absolute atomic E-state index is 12.3. The van der Waals surface area contributed by atoms with Crippen molar-refractivity contribution in [2.75, 3.05) is 7.11 Å². The van der Waals surface area contributed by atoms with Crippen molar-refractivity contribution in [2.24, 2.45) is 0 Å². The van der Waals surface area contributed by atoms with Gasteiger partial charge >= 0.3 is 0 Å². The molecule has 1 aliphatic rings. The van der Waals surface area contributed by atoms with Crippen LogP contribution in [0.4, 0.5) is 0 Å². The Kier molecular flexibility index (Phi) is 4.52. The van der Waals surface area contributed by atoms with Crippen LogP contribution in [0.2, 0.25) is 0 Å². The smallest absolute Gasteiger partial charge is 0.207 e. The number of unbranched alkanes of at least 4 members (excludes halogenated alkanes) is 2. The summed E-state index contributed by atoms with van der Waals surface area (Å²) in [6.07, 6.45) is 2.90. The molecule has 2 nitrogen and oxygen atoms in total. The number of ether oxygens (including phenoxy) is 1. The van der Waals surface area contributed by atoms with Crippen molar-refractivity contribution >= 4 is 17.4 Å². The number of carbonyl (C=O) groups is 1. The molecule has 0 aliphatic heterocycles. The molecule has 0 N–H and O–H groups in total. The average molecular weight is 289 g/mol. The third kappa shape index (κ3) is 2.34. The first-order valence-corrected chi connectivity index (χ1v) is 7.10. The molecule has 1 aromatic carbocycles. The molecule has 0 fully saturated rings. The minimum absolute atomic E-state index is 0.175. The van der Waals surface area contributed by atoms with Gasteiger partial charge < -0.3 is 4.74 Å². The number of Topliss-reactive ketones (excluding diaryl/α,β-unsaturated/α-hetero) is 1. The number of carbonyl (C=O) groups excluding carboxylic acids is 1. The van der Waals surface area contributed by atoms with Crippen molar-refractivity contribution in [2.45, 2.75) is 31.1 Å². The maximum atomic E-state index is 12.3. The summed E-state index contributed by atoms with van der Waals surface area (Å²) in [5.74, 6) is 6.19. The van der Waals surface area contributed by atoms with Crippen LogP contribution >= 0.6 is 11.6 Å². The first-order valence-electron chi connectivity index (χ1n) is 6.73. The standard InChI is InChI=1S/C17H17ClO2/c1-3-4-5-9-12-14-15(19)17(18,16(14)20-2)13-10-7-6-8-11-13/h6-8,10-11H,3-5H2,1-2H3. The highest BCUT2D eigenvalue weighted by molar-refractivity contribution is 6.44. The molecule has 104 valence electrons. The number of ketones is 1. The first kappa shape index (κ1) is 14.7. The minimum atomic E-state index is -1.20. The van der Waals surface area contributed by atoms with Crippen molar-refractivity contribution < 1.29 is 9.53 Å². The quantitative estimate of drug-likeness (QED) is 0.478. The van der Waals surface area contributed by atoms with Gasteiger partial charge in [0.2, 0.25) is 5.78 Å². The van der Waals surface area contributed by atoms with Crippen molar-refractivity contribution in [3.8, 4) is 11.8 Å². The van der Waals surface area contributed by atoms with Crippen molar-refractivity contribution in [3.05, 3.63) is 47.2 Å². The van der Waals surface area contributed by atoms with E-state index in [0.717, 1.165) is 24.8 Å². The van der Waals surface area contributed by atoms with Gasteiger partial charge in [0.25, 0.3) is 0 Å². The molecule has 0 bridgehead atoms. The third-order valence-electron chi connectivity index (χ3n) is 3.32. The van der Waals surface area contributed by atoms with E-state index >= 15 is 0 Å². The Morgan fingerprint density at radius 2 is 2.00 bits per heavy atom. The summed E-state index contributed by atoms with van der Waals surface area (Å²) < 4.78 is 5.32. The number of benzene rings is 1. The Bertz CT molecular complexity index is 592. The fraction of sp³-hybridized carbons (Fsp3) is 0.353. The zero-order valence-electron chi connectivity index (χ0n) is 11.7. The van der Waals surface area contributed by atoms with Crippen LogP contribution in [0.25, 0.3) is 0 Å². The predicted molar refractivity (Wildman–Crippen MR) is 80.3 cm³/mol. The van der Waals surface area contributed by atoms with E-state index in [4.69, 9.17) is 16.3 Å². The second kappa shape index (κ2) is 6.15. The Morgan fingerprint density at radius 3 is 2.60 bits per heavy atom. The Hall–Kier alpha value is -1.72. The highest BCUT2D eigenvalue weighted by atomic mass is 35.5. The number of hydrogen-bond acceptors (Lipinski definition) is 2. The summed E-state index contributed by atoms with van der Waals surface area (Å²) in [5, 5.41) is 0. The second-order valence-corrected chi connectivity index (χ2v) is 5.23. The molecular formula is C17H17ClO2. The molecule has 1 atom stereocenters. The van der Waals surface area contributed by atoms with Crippen LogP contribution in [0.15, 0.2) is 41.7 Å². The second-order valence-electron chi connectivity index (χ2n) is 4.67. The van der Waals surface area contributed by atoms with Crippen molar-refractivity contribution in [1.29, 1.82) is 0 Å². The maximum Gasteiger partial charge on any atom is 0.207 e. The normalized spacial score (nSPS) is 21.1. The van der Waals surface area contributed by atoms with Gasteiger partial charge in [0, 0.05) is 6.42 Å². The minimum Gasteiger partial charge on any atom is -0.497 e. The molecule has 20 heavy (non-hydrogen) atoms.